The number of benzene rings is 1. The van der Waals surface area contributed by atoms with Gasteiger partial charge in [-0.15, -0.1) is 0 Å². The number of aryl methyl sites for hydroxylation is 1. The van der Waals surface area contributed by atoms with Crippen molar-refractivity contribution in [3.8, 4) is 0 Å². The minimum absolute atomic E-state index is 0.833. The van der Waals surface area contributed by atoms with Gasteiger partial charge in [0.2, 0.25) is 0 Å². The number of fused-ring (bicyclic) bond motifs is 1. The van der Waals surface area contributed by atoms with Gasteiger partial charge in [-0.2, -0.15) is 0 Å². The maximum absolute atomic E-state index is 4.50. The maximum Gasteiger partial charge on any atom is 0.0681 e. The third-order valence-corrected chi connectivity index (χ3v) is 2.57. The first kappa shape index (κ1) is 9.97. The zero-order valence-electron chi connectivity index (χ0n) is 9.27. The largest absolute Gasteiger partial charge is 0.348 e. The number of para-hydroxylation sites is 1. The van der Waals surface area contributed by atoms with Crippen LogP contribution in [0, 0.1) is 0 Å². The van der Waals surface area contributed by atoms with E-state index in [1.807, 2.05) is 0 Å². The van der Waals surface area contributed by atoms with Crippen molar-refractivity contribution in [2.24, 2.45) is 4.99 Å². The van der Waals surface area contributed by atoms with Crippen LogP contribution in [0.2, 0.25) is 0 Å². The molecule has 0 bridgehead atoms. The smallest absolute Gasteiger partial charge is 0.0681 e. The Labute approximate surface area is 89.9 Å². The molecule has 0 saturated carbocycles. The number of rotatable bonds is 2. The Morgan fingerprint density at radius 3 is 2.67 bits per heavy atom. The van der Waals surface area contributed by atoms with Crippen LogP contribution < -0.4 is 5.36 Å². The van der Waals surface area contributed by atoms with Crippen LogP contribution in [0.5, 0.6) is 0 Å². The molecular weight excluding hydrogens is 184 g/mol. The molecule has 2 aromatic rings. The lowest BCUT2D eigenvalue weighted by Gasteiger charge is -2.08. The van der Waals surface area contributed by atoms with Crippen LogP contribution in [0.25, 0.3) is 10.9 Å². The number of pyridine rings is 1. The van der Waals surface area contributed by atoms with Gasteiger partial charge in [-0.05, 0) is 26.0 Å². The molecule has 0 radical (unpaired) electrons. The first-order valence-electron chi connectivity index (χ1n) is 5.45. The minimum atomic E-state index is 0.833. The van der Waals surface area contributed by atoms with Crippen molar-refractivity contribution in [3.05, 3.63) is 41.9 Å². The van der Waals surface area contributed by atoms with Gasteiger partial charge in [0, 0.05) is 24.7 Å². The van der Waals surface area contributed by atoms with E-state index in [0.29, 0.717) is 0 Å². The van der Waals surface area contributed by atoms with Crippen molar-refractivity contribution >= 4 is 10.9 Å². The zero-order valence-corrected chi connectivity index (χ0v) is 9.27. The van der Waals surface area contributed by atoms with E-state index in [0.717, 1.165) is 18.4 Å². The Kier molecular flexibility index (Phi) is 2.86. The van der Waals surface area contributed by atoms with Crippen molar-refractivity contribution in [2.45, 2.75) is 20.4 Å². The summed E-state index contributed by atoms with van der Waals surface area (Å²) in [7, 11) is 0. The fourth-order valence-corrected chi connectivity index (χ4v) is 1.86. The van der Waals surface area contributed by atoms with Crippen molar-refractivity contribution in [1.29, 1.82) is 0 Å². The van der Waals surface area contributed by atoms with Gasteiger partial charge in [-0.3, -0.25) is 4.99 Å². The summed E-state index contributed by atoms with van der Waals surface area (Å²) in [5.74, 6) is 0. The SMILES string of the molecule is CCN=c1ccn(CC)c2ccccc12. The summed E-state index contributed by atoms with van der Waals surface area (Å²) in [6.45, 7) is 6.05. The van der Waals surface area contributed by atoms with Crippen LogP contribution in [-0.2, 0) is 6.54 Å². The molecule has 0 fully saturated rings. The molecule has 78 valence electrons. The van der Waals surface area contributed by atoms with E-state index in [1.165, 1.54) is 10.9 Å². The molecule has 0 amide bonds. The quantitative estimate of drug-likeness (QED) is 0.709. The molecule has 0 atom stereocenters. The molecule has 15 heavy (non-hydrogen) atoms. The Hall–Kier alpha value is -1.57. The van der Waals surface area contributed by atoms with E-state index < -0.39 is 0 Å². The van der Waals surface area contributed by atoms with Gasteiger partial charge in [-0.25, -0.2) is 0 Å². The highest BCUT2D eigenvalue weighted by molar-refractivity contribution is 5.78. The lowest BCUT2D eigenvalue weighted by atomic mass is 10.2. The second-order valence-electron chi connectivity index (χ2n) is 3.48. The average Bonchev–Trinajstić information content (AvgIpc) is 2.30. The lowest BCUT2D eigenvalue weighted by molar-refractivity contribution is 0.786. The summed E-state index contributed by atoms with van der Waals surface area (Å²) in [5.41, 5.74) is 1.26. The molecule has 0 N–H and O–H groups in total. The summed E-state index contributed by atoms with van der Waals surface area (Å²) in [5, 5.41) is 2.33. The maximum atomic E-state index is 4.50. The molecular formula is C13H16N2. The van der Waals surface area contributed by atoms with Gasteiger partial charge < -0.3 is 4.57 Å². The van der Waals surface area contributed by atoms with Crippen LogP contribution in [0.4, 0.5) is 0 Å². The highest BCUT2D eigenvalue weighted by Crippen LogP contribution is 2.08. The summed E-state index contributed by atoms with van der Waals surface area (Å²) in [6, 6.07) is 10.5. The van der Waals surface area contributed by atoms with Crippen molar-refractivity contribution < 1.29 is 0 Å². The van der Waals surface area contributed by atoms with Crippen LogP contribution >= 0.6 is 0 Å². The third kappa shape index (κ3) is 1.80. The Bertz CT molecular complexity index is 523. The highest BCUT2D eigenvalue weighted by Gasteiger charge is 1.97. The van der Waals surface area contributed by atoms with Gasteiger partial charge in [0.05, 0.1) is 10.9 Å². The molecule has 2 heteroatoms. The molecule has 0 saturated heterocycles. The van der Waals surface area contributed by atoms with E-state index in [1.54, 1.807) is 0 Å². The molecule has 0 aliphatic heterocycles. The van der Waals surface area contributed by atoms with Crippen LogP contribution in [0.15, 0.2) is 41.5 Å². The third-order valence-electron chi connectivity index (χ3n) is 2.57. The minimum Gasteiger partial charge on any atom is -0.348 e. The average molecular weight is 200 g/mol. The second kappa shape index (κ2) is 4.30. The van der Waals surface area contributed by atoms with Crippen LogP contribution in [0.3, 0.4) is 0 Å². The molecule has 1 heterocycles. The zero-order chi connectivity index (χ0) is 10.7. The predicted octanol–water partition coefficient (Wildman–Crippen LogP) is 2.58. The van der Waals surface area contributed by atoms with Crippen LogP contribution in [0.1, 0.15) is 13.8 Å². The number of nitrogens with zero attached hydrogens (tertiary/aromatic N) is 2. The van der Waals surface area contributed by atoms with E-state index in [2.05, 4.69) is 59.9 Å². The lowest BCUT2D eigenvalue weighted by Crippen LogP contribution is -2.09. The fourth-order valence-electron chi connectivity index (χ4n) is 1.86. The summed E-state index contributed by atoms with van der Waals surface area (Å²) in [6.07, 6.45) is 2.11. The van der Waals surface area contributed by atoms with Gasteiger partial charge in [-0.1, -0.05) is 18.2 Å². The summed E-state index contributed by atoms with van der Waals surface area (Å²) in [4.78, 5) is 4.50. The van der Waals surface area contributed by atoms with E-state index in [4.69, 9.17) is 0 Å². The number of aromatic nitrogens is 1. The second-order valence-corrected chi connectivity index (χ2v) is 3.48. The van der Waals surface area contributed by atoms with Crippen molar-refractivity contribution in [2.75, 3.05) is 6.54 Å². The standard InChI is InChI=1S/C13H16N2/c1-3-14-12-9-10-15(4-2)13-8-6-5-7-11(12)13/h5-10H,3-4H2,1-2H3. The van der Waals surface area contributed by atoms with E-state index >= 15 is 0 Å². The Morgan fingerprint density at radius 2 is 1.93 bits per heavy atom. The number of hydrogen-bond donors (Lipinski definition) is 0. The van der Waals surface area contributed by atoms with Crippen molar-refractivity contribution in [3.63, 3.8) is 0 Å². The molecule has 0 aliphatic rings. The van der Waals surface area contributed by atoms with Gasteiger partial charge in [0.15, 0.2) is 0 Å². The van der Waals surface area contributed by atoms with Crippen LogP contribution in [-0.4, -0.2) is 11.1 Å². The van der Waals surface area contributed by atoms with Crippen molar-refractivity contribution in [1.82, 2.24) is 4.57 Å². The first-order valence-corrected chi connectivity index (χ1v) is 5.45. The van der Waals surface area contributed by atoms with Gasteiger partial charge in [0.25, 0.3) is 0 Å². The molecule has 1 aromatic heterocycles. The van der Waals surface area contributed by atoms with Gasteiger partial charge in [0.1, 0.15) is 0 Å². The molecule has 0 unspecified atom stereocenters. The number of hydrogen-bond acceptors (Lipinski definition) is 1. The van der Waals surface area contributed by atoms with E-state index in [9.17, 15) is 0 Å². The monoisotopic (exact) mass is 200 g/mol. The summed E-state index contributed by atoms with van der Waals surface area (Å²) < 4.78 is 2.24. The molecule has 1 aromatic carbocycles. The Morgan fingerprint density at radius 1 is 1.13 bits per heavy atom. The Balaban J connectivity index is 2.83. The topological polar surface area (TPSA) is 17.3 Å². The highest BCUT2D eigenvalue weighted by atomic mass is 14.9. The summed E-state index contributed by atoms with van der Waals surface area (Å²) >= 11 is 0. The van der Waals surface area contributed by atoms with Gasteiger partial charge >= 0.3 is 0 Å². The molecule has 0 spiro atoms. The normalized spacial score (nSPS) is 12.3. The predicted molar refractivity (Wildman–Crippen MR) is 63.7 cm³/mol. The first-order chi connectivity index (χ1) is 7.36. The molecule has 0 aliphatic carbocycles. The molecule has 2 rings (SSSR count). The molecule has 2 nitrogen and oxygen atoms in total. The van der Waals surface area contributed by atoms with E-state index in [-0.39, 0.29) is 0 Å². The fraction of sp³-hybridized carbons (Fsp3) is 0.308.